The summed E-state index contributed by atoms with van der Waals surface area (Å²) in [5.74, 6) is 2.04. The second-order valence-corrected chi connectivity index (χ2v) is 9.63. The molecular weight excluding hydrogens is 324 g/mol. The molecule has 134 valence electrons. The first kappa shape index (κ1) is 17.6. The van der Waals surface area contributed by atoms with Crippen molar-refractivity contribution in [2.45, 2.75) is 38.6 Å². The molecule has 1 atom stereocenters. The molecule has 2 aliphatic rings. The molecule has 1 unspecified atom stereocenters. The average Bonchev–Trinajstić information content (AvgIpc) is 2.57. The zero-order valence-electron chi connectivity index (χ0n) is 14.7. The highest BCUT2D eigenvalue weighted by molar-refractivity contribution is 7.91. The van der Waals surface area contributed by atoms with Crippen molar-refractivity contribution >= 4 is 15.8 Å². The molecule has 0 radical (unpaired) electrons. The van der Waals surface area contributed by atoms with E-state index in [-0.39, 0.29) is 0 Å². The van der Waals surface area contributed by atoms with Crippen molar-refractivity contribution in [3.63, 3.8) is 0 Å². The fourth-order valence-corrected chi connectivity index (χ4v) is 5.32. The van der Waals surface area contributed by atoms with Crippen molar-refractivity contribution in [1.29, 1.82) is 0 Å². The molecule has 0 amide bonds. The van der Waals surface area contributed by atoms with Gasteiger partial charge in [0.2, 0.25) is 5.95 Å². The molecule has 2 saturated heterocycles. The van der Waals surface area contributed by atoms with Crippen LogP contribution in [0.25, 0.3) is 0 Å². The maximum Gasteiger partial charge on any atom is 0.225 e. The smallest absolute Gasteiger partial charge is 0.225 e. The molecule has 6 nitrogen and oxygen atoms in total. The SMILES string of the molecule is Cc1cnc(N(C)C2CCCN(CC3CCS(=O)(=O)CC3)C2)nc1. The second-order valence-electron chi connectivity index (χ2n) is 7.32. The maximum atomic E-state index is 11.6. The van der Waals surface area contributed by atoms with Crippen molar-refractivity contribution < 1.29 is 8.42 Å². The summed E-state index contributed by atoms with van der Waals surface area (Å²) in [4.78, 5) is 13.6. The first-order valence-electron chi connectivity index (χ1n) is 8.87. The first-order valence-corrected chi connectivity index (χ1v) is 10.7. The lowest BCUT2D eigenvalue weighted by Gasteiger charge is -2.39. The van der Waals surface area contributed by atoms with Crippen LogP contribution in [0.15, 0.2) is 12.4 Å². The highest BCUT2D eigenvalue weighted by atomic mass is 32.2. The van der Waals surface area contributed by atoms with Gasteiger partial charge >= 0.3 is 0 Å². The summed E-state index contributed by atoms with van der Waals surface area (Å²) in [5.41, 5.74) is 1.07. The Morgan fingerprint density at radius 1 is 1.21 bits per heavy atom. The van der Waals surface area contributed by atoms with Gasteiger partial charge in [-0.05, 0) is 50.6 Å². The minimum Gasteiger partial charge on any atom is -0.340 e. The summed E-state index contributed by atoms with van der Waals surface area (Å²) in [5, 5.41) is 0. The molecule has 0 spiro atoms. The lowest BCUT2D eigenvalue weighted by molar-refractivity contribution is 0.172. The van der Waals surface area contributed by atoms with Crippen molar-refractivity contribution in [2.24, 2.45) is 5.92 Å². The van der Waals surface area contributed by atoms with Crippen LogP contribution in [0.3, 0.4) is 0 Å². The van der Waals surface area contributed by atoms with Crippen LogP contribution in [0.1, 0.15) is 31.2 Å². The van der Waals surface area contributed by atoms with Gasteiger partial charge in [-0.15, -0.1) is 0 Å². The van der Waals surface area contributed by atoms with Gasteiger partial charge in [0.25, 0.3) is 0 Å². The van der Waals surface area contributed by atoms with Gasteiger partial charge in [0, 0.05) is 38.6 Å². The minimum atomic E-state index is -2.76. The molecule has 3 rings (SSSR count). The number of hydrogen-bond acceptors (Lipinski definition) is 6. The number of nitrogens with zero attached hydrogens (tertiary/aromatic N) is 4. The number of hydrogen-bond donors (Lipinski definition) is 0. The van der Waals surface area contributed by atoms with E-state index in [1.807, 2.05) is 19.3 Å². The van der Waals surface area contributed by atoms with Crippen LogP contribution in [0.5, 0.6) is 0 Å². The molecular formula is C17H28N4O2S. The third kappa shape index (κ3) is 4.45. The number of likely N-dealkylation sites (N-methyl/N-ethyl adjacent to an activating group) is 1. The third-order valence-electron chi connectivity index (χ3n) is 5.30. The largest absolute Gasteiger partial charge is 0.340 e. The van der Waals surface area contributed by atoms with E-state index < -0.39 is 9.84 Å². The van der Waals surface area contributed by atoms with E-state index in [1.165, 1.54) is 6.42 Å². The van der Waals surface area contributed by atoms with Crippen molar-refractivity contribution in [3.8, 4) is 0 Å². The Labute approximate surface area is 145 Å². The fraction of sp³-hybridized carbons (Fsp3) is 0.765. The summed E-state index contributed by atoms with van der Waals surface area (Å²) < 4.78 is 23.2. The number of likely N-dealkylation sites (tertiary alicyclic amines) is 1. The molecule has 0 saturated carbocycles. The predicted octanol–water partition coefficient (Wildman–Crippen LogP) is 1.51. The van der Waals surface area contributed by atoms with E-state index in [1.54, 1.807) is 0 Å². The number of piperidine rings is 1. The number of sulfone groups is 1. The first-order chi connectivity index (χ1) is 11.4. The summed E-state index contributed by atoms with van der Waals surface area (Å²) in [6.07, 6.45) is 7.69. The molecule has 7 heteroatoms. The third-order valence-corrected chi connectivity index (χ3v) is 7.02. The highest BCUT2D eigenvalue weighted by Crippen LogP contribution is 2.23. The quantitative estimate of drug-likeness (QED) is 0.818. The van der Waals surface area contributed by atoms with Gasteiger partial charge in [0.1, 0.15) is 9.84 Å². The van der Waals surface area contributed by atoms with Gasteiger partial charge in [0.15, 0.2) is 0 Å². The Hall–Kier alpha value is -1.21. The molecule has 0 aromatic carbocycles. The van der Waals surface area contributed by atoms with Gasteiger partial charge in [-0.25, -0.2) is 18.4 Å². The molecule has 1 aromatic rings. The Morgan fingerprint density at radius 2 is 1.88 bits per heavy atom. The van der Waals surface area contributed by atoms with E-state index in [2.05, 4.69) is 26.8 Å². The lowest BCUT2D eigenvalue weighted by Crippen LogP contribution is -2.48. The standard InChI is InChI=1S/C17H28N4O2S/c1-14-10-18-17(19-11-14)20(2)16-4-3-7-21(13-16)12-15-5-8-24(22,23)9-6-15/h10-11,15-16H,3-9,12-13H2,1-2H3. The van der Waals surface area contributed by atoms with Crippen molar-refractivity contribution in [2.75, 3.05) is 43.1 Å². The van der Waals surface area contributed by atoms with Gasteiger partial charge in [-0.3, -0.25) is 0 Å². The Bertz CT molecular complexity index is 633. The topological polar surface area (TPSA) is 66.4 Å². The maximum absolute atomic E-state index is 11.6. The van der Waals surface area contributed by atoms with E-state index >= 15 is 0 Å². The molecule has 2 fully saturated rings. The van der Waals surface area contributed by atoms with Gasteiger partial charge in [0.05, 0.1) is 11.5 Å². The lowest BCUT2D eigenvalue weighted by atomic mass is 9.99. The average molecular weight is 353 g/mol. The summed E-state index contributed by atoms with van der Waals surface area (Å²) in [7, 11) is -0.688. The van der Waals surface area contributed by atoms with Crippen LogP contribution in [-0.4, -0.2) is 67.5 Å². The zero-order chi connectivity index (χ0) is 17.2. The summed E-state index contributed by atoms with van der Waals surface area (Å²) in [6, 6.07) is 0.425. The van der Waals surface area contributed by atoms with E-state index in [9.17, 15) is 8.42 Å². The number of aryl methyl sites for hydroxylation is 1. The normalized spacial score (nSPS) is 25.5. The van der Waals surface area contributed by atoms with Crippen LogP contribution < -0.4 is 4.90 Å². The van der Waals surface area contributed by atoms with Gasteiger partial charge in [-0.2, -0.15) is 0 Å². The number of rotatable bonds is 4. The zero-order valence-corrected chi connectivity index (χ0v) is 15.5. The van der Waals surface area contributed by atoms with E-state index in [0.717, 1.165) is 50.4 Å². The Kier molecular flexibility index (Phi) is 5.39. The van der Waals surface area contributed by atoms with Crippen LogP contribution in [0.4, 0.5) is 5.95 Å². The van der Waals surface area contributed by atoms with E-state index in [0.29, 0.717) is 23.5 Å². The molecule has 1 aromatic heterocycles. The molecule has 0 bridgehead atoms. The van der Waals surface area contributed by atoms with Crippen LogP contribution in [-0.2, 0) is 9.84 Å². The molecule has 3 heterocycles. The highest BCUT2D eigenvalue weighted by Gasteiger charge is 2.29. The van der Waals surface area contributed by atoms with E-state index in [4.69, 9.17) is 0 Å². The monoisotopic (exact) mass is 352 g/mol. The predicted molar refractivity (Wildman–Crippen MR) is 96.0 cm³/mol. The van der Waals surface area contributed by atoms with Crippen LogP contribution >= 0.6 is 0 Å². The Balaban J connectivity index is 1.55. The van der Waals surface area contributed by atoms with Crippen LogP contribution in [0.2, 0.25) is 0 Å². The van der Waals surface area contributed by atoms with Gasteiger partial charge < -0.3 is 9.80 Å². The Morgan fingerprint density at radius 3 is 2.54 bits per heavy atom. The number of anilines is 1. The van der Waals surface area contributed by atoms with Gasteiger partial charge in [-0.1, -0.05) is 0 Å². The molecule has 24 heavy (non-hydrogen) atoms. The molecule has 0 aliphatic carbocycles. The summed E-state index contributed by atoms with van der Waals surface area (Å²) in [6.45, 7) is 5.14. The van der Waals surface area contributed by atoms with Crippen molar-refractivity contribution in [3.05, 3.63) is 18.0 Å². The second kappa shape index (κ2) is 7.35. The number of aromatic nitrogens is 2. The fourth-order valence-electron chi connectivity index (χ4n) is 3.73. The molecule has 0 N–H and O–H groups in total. The minimum absolute atomic E-state index is 0.367. The van der Waals surface area contributed by atoms with Crippen molar-refractivity contribution in [1.82, 2.24) is 14.9 Å². The summed E-state index contributed by atoms with van der Waals surface area (Å²) >= 11 is 0. The van der Waals surface area contributed by atoms with Crippen LogP contribution in [0, 0.1) is 12.8 Å². The molecule has 2 aliphatic heterocycles.